The highest BCUT2D eigenvalue weighted by Crippen LogP contribution is 2.16. The molecule has 0 aliphatic heterocycles. The summed E-state index contributed by atoms with van der Waals surface area (Å²) in [4.78, 5) is 12.3. The summed E-state index contributed by atoms with van der Waals surface area (Å²) >= 11 is 0. The van der Waals surface area contributed by atoms with E-state index >= 15 is 0 Å². The molecular formula is C16H23N3O2. The first kappa shape index (κ1) is 15.5. The summed E-state index contributed by atoms with van der Waals surface area (Å²) < 4.78 is 0. The molecule has 0 aliphatic rings. The molecule has 0 bridgehead atoms. The molecule has 2 rings (SSSR count). The number of hydrogen-bond acceptors (Lipinski definition) is 3. The molecular weight excluding hydrogens is 266 g/mol. The summed E-state index contributed by atoms with van der Waals surface area (Å²) in [6, 6.07) is 7.57. The van der Waals surface area contributed by atoms with Crippen LogP contribution in [0.1, 0.15) is 37.2 Å². The fourth-order valence-electron chi connectivity index (χ4n) is 2.61. The van der Waals surface area contributed by atoms with Crippen LogP contribution in [-0.4, -0.2) is 34.4 Å². The number of nitrogens with one attached hydrogen (secondary N) is 2. The molecule has 0 saturated heterocycles. The molecule has 0 aliphatic carbocycles. The Hall–Kier alpha value is -1.88. The Morgan fingerprint density at radius 2 is 2.14 bits per heavy atom. The second-order valence-corrected chi connectivity index (χ2v) is 5.84. The van der Waals surface area contributed by atoms with E-state index in [0.29, 0.717) is 30.5 Å². The number of benzene rings is 1. The molecule has 1 amide bonds. The van der Waals surface area contributed by atoms with Gasteiger partial charge in [-0.2, -0.15) is 5.10 Å². The second kappa shape index (κ2) is 7.22. The molecule has 3 N–H and O–H groups in total. The van der Waals surface area contributed by atoms with Gasteiger partial charge in [0.2, 0.25) is 0 Å². The lowest BCUT2D eigenvalue weighted by Crippen LogP contribution is -2.30. The van der Waals surface area contributed by atoms with Crippen LogP contribution in [0.4, 0.5) is 0 Å². The SMILES string of the molecule is CC(C)CC(CCO)CNC(=O)c1n[nH]c2ccccc12. The first-order chi connectivity index (χ1) is 10.1. The molecule has 5 heteroatoms. The second-order valence-electron chi connectivity index (χ2n) is 5.84. The maximum Gasteiger partial charge on any atom is 0.272 e. The van der Waals surface area contributed by atoms with E-state index in [0.717, 1.165) is 17.3 Å². The summed E-state index contributed by atoms with van der Waals surface area (Å²) in [5.41, 5.74) is 1.29. The average Bonchev–Trinajstić information content (AvgIpc) is 2.88. The number of rotatable bonds is 7. The van der Waals surface area contributed by atoms with Gasteiger partial charge >= 0.3 is 0 Å². The normalized spacial score (nSPS) is 12.8. The number of carbonyl (C=O) groups is 1. The van der Waals surface area contributed by atoms with E-state index in [1.807, 2.05) is 24.3 Å². The van der Waals surface area contributed by atoms with Gasteiger partial charge in [0.1, 0.15) is 0 Å². The van der Waals surface area contributed by atoms with Gasteiger partial charge in [0.25, 0.3) is 5.91 Å². The molecule has 0 radical (unpaired) electrons. The Kier molecular flexibility index (Phi) is 5.33. The number of fused-ring (bicyclic) bond motifs is 1. The minimum Gasteiger partial charge on any atom is -0.396 e. The van der Waals surface area contributed by atoms with Crippen LogP contribution in [0.15, 0.2) is 24.3 Å². The van der Waals surface area contributed by atoms with Gasteiger partial charge in [0.15, 0.2) is 5.69 Å². The summed E-state index contributed by atoms with van der Waals surface area (Å²) in [6.45, 7) is 5.01. The summed E-state index contributed by atoms with van der Waals surface area (Å²) in [5, 5.41) is 19.8. The van der Waals surface area contributed by atoms with Gasteiger partial charge in [-0.25, -0.2) is 0 Å². The number of nitrogens with zero attached hydrogens (tertiary/aromatic N) is 1. The fraction of sp³-hybridized carbons (Fsp3) is 0.500. The van der Waals surface area contributed by atoms with Crippen LogP contribution in [0.25, 0.3) is 10.9 Å². The largest absolute Gasteiger partial charge is 0.396 e. The molecule has 2 aromatic rings. The van der Waals surface area contributed by atoms with Crippen molar-refractivity contribution >= 4 is 16.8 Å². The standard InChI is InChI=1S/C16H23N3O2/c1-11(2)9-12(7-8-20)10-17-16(21)15-13-5-3-4-6-14(13)18-19-15/h3-6,11-12,20H,7-10H2,1-2H3,(H,17,21)(H,18,19). The summed E-state index contributed by atoms with van der Waals surface area (Å²) in [7, 11) is 0. The van der Waals surface area contributed by atoms with Gasteiger partial charge in [-0.15, -0.1) is 0 Å². The third kappa shape index (κ3) is 4.04. The van der Waals surface area contributed by atoms with Crippen molar-refractivity contribution in [3.8, 4) is 0 Å². The number of hydrogen-bond donors (Lipinski definition) is 3. The Labute approximate surface area is 124 Å². The van der Waals surface area contributed by atoms with E-state index < -0.39 is 0 Å². The highest BCUT2D eigenvalue weighted by Gasteiger charge is 2.16. The van der Waals surface area contributed by atoms with E-state index in [1.54, 1.807) is 0 Å². The van der Waals surface area contributed by atoms with E-state index in [9.17, 15) is 4.79 Å². The van der Waals surface area contributed by atoms with Crippen molar-refractivity contribution in [3.05, 3.63) is 30.0 Å². The maximum atomic E-state index is 12.3. The molecule has 1 heterocycles. The van der Waals surface area contributed by atoms with Crippen LogP contribution in [-0.2, 0) is 0 Å². The van der Waals surface area contributed by atoms with E-state index in [1.165, 1.54) is 0 Å². The molecule has 21 heavy (non-hydrogen) atoms. The van der Waals surface area contributed by atoms with Gasteiger partial charge in [-0.3, -0.25) is 9.89 Å². The van der Waals surface area contributed by atoms with Crippen molar-refractivity contribution in [1.82, 2.24) is 15.5 Å². The zero-order valence-electron chi connectivity index (χ0n) is 12.6. The lowest BCUT2D eigenvalue weighted by Gasteiger charge is -2.18. The van der Waals surface area contributed by atoms with Crippen LogP contribution < -0.4 is 5.32 Å². The molecule has 1 atom stereocenters. The number of aromatic nitrogens is 2. The number of amides is 1. The third-order valence-electron chi connectivity index (χ3n) is 3.58. The zero-order chi connectivity index (χ0) is 15.2. The Morgan fingerprint density at radius 3 is 2.86 bits per heavy atom. The smallest absolute Gasteiger partial charge is 0.272 e. The quantitative estimate of drug-likeness (QED) is 0.732. The highest BCUT2D eigenvalue weighted by atomic mass is 16.3. The predicted octanol–water partition coefficient (Wildman–Crippen LogP) is 2.34. The Bertz CT molecular complexity index is 592. The topological polar surface area (TPSA) is 78.0 Å². The summed E-state index contributed by atoms with van der Waals surface area (Å²) in [5.74, 6) is 0.674. The van der Waals surface area contributed by atoms with Crippen LogP contribution in [0.5, 0.6) is 0 Å². The monoisotopic (exact) mass is 289 g/mol. The molecule has 1 aromatic carbocycles. The van der Waals surface area contributed by atoms with Crippen molar-refractivity contribution in [1.29, 1.82) is 0 Å². The molecule has 0 saturated carbocycles. The first-order valence-electron chi connectivity index (χ1n) is 7.44. The van der Waals surface area contributed by atoms with Gasteiger partial charge in [0, 0.05) is 18.5 Å². The number of aliphatic hydroxyl groups excluding tert-OH is 1. The van der Waals surface area contributed by atoms with Crippen molar-refractivity contribution in [2.45, 2.75) is 26.7 Å². The minimum atomic E-state index is -0.167. The van der Waals surface area contributed by atoms with Crippen molar-refractivity contribution < 1.29 is 9.90 Å². The average molecular weight is 289 g/mol. The third-order valence-corrected chi connectivity index (χ3v) is 3.58. The Balaban J connectivity index is 2.00. The predicted molar refractivity (Wildman–Crippen MR) is 83.1 cm³/mol. The van der Waals surface area contributed by atoms with Crippen LogP contribution in [0.2, 0.25) is 0 Å². The number of carbonyl (C=O) groups excluding carboxylic acids is 1. The maximum absolute atomic E-state index is 12.3. The van der Waals surface area contributed by atoms with Gasteiger partial charge in [-0.1, -0.05) is 32.0 Å². The van der Waals surface area contributed by atoms with E-state index in [2.05, 4.69) is 29.4 Å². The molecule has 0 spiro atoms. The fourth-order valence-corrected chi connectivity index (χ4v) is 2.61. The molecule has 114 valence electrons. The van der Waals surface area contributed by atoms with Crippen molar-refractivity contribution in [2.75, 3.05) is 13.2 Å². The number of para-hydroxylation sites is 1. The van der Waals surface area contributed by atoms with Gasteiger partial charge < -0.3 is 10.4 Å². The van der Waals surface area contributed by atoms with Gasteiger partial charge in [0.05, 0.1) is 5.52 Å². The van der Waals surface area contributed by atoms with Gasteiger partial charge in [-0.05, 0) is 30.7 Å². The lowest BCUT2D eigenvalue weighted by atomic mass is 9.94. The molecule has 1 aromatic heterocycles. The first-order valence-corrected chi connectivity index (χ1v) is 7.44. The number of aliphatic hydroxyl groups is 1. The number of aromatic amines is 1. The minimum absolute atomic E-state index is 0.151. The Morgan fingerprint density at radius 1 is 1.38 bits per heavy atom. The number of H-pyrrole nitrogens is 1. The molecule has 0 fully saturated rings. The van der Waals surface area contributed by atoms with Crippen molar-refractivity contribution in [2.24, 2.45) is 11.8 Å². The van der Waals surface area contributed by atoms with E-state index in [4.69, 9.17) is 5.11 Å². The van der Waals surface area contributed by atoms with Crippen LogP contribution in [0.3, 0.4) is 0 Å². The van der Waals surface area contributed by atoms with E-state index in [-0.39, 0.29) is 12.5 Å². The molecule has 1 unspecified atom stereocenters. The van der Waals surface area contributed by atoms with Crippen molar-refractivity contribution in [3.63, 3.8) is 0 Å². The zero-order valence-corrected chi connectivity index (χ0v) is 12.6. The van der Waals surface area contributed by atoms with Crippen LogP contribution in [0, 0.1) is 11.8 Å². The lowest BCUT2D eigenvalue weighted by molar-refractivity contribution is 0.0938. The highest BCUT2D eigenvalue weighted by molar-refractivity contribution is 6.04. The molecule has 5 nitrogen and oxygen atoms in total. The van der Waals surface area contributed by atoms with Crippen LogP contribution >= 0.6 is 0 Å². The summed E-state index contributed by atoms with van der Waals surface area (Å²) in [6.07, 6.45) is 1.70.